The Balaban J connectivity index is 2.50. The molecule has 0 spiro atoms. The van der Waals surface area contributed by atoms with E-state index in [2.05, 4.69) is 11.9 Å². The maximum Gasteiger partial charge on any atom is 0.242 e. The lowest BCUT2D eigenvalue weighted by atomic mass is 10.2. The number of carbonyl (C=O) groups excluding carboxylic acids is 2. The van der Waals surface area contributed by atoms with E-state index in [1.165, 1.54) is 6.92 Å². The average Bonchev–Trinajstić information content (AvgIpc) is 2.25. The maximum atomic E-state index is 12.0. The van der Waals surface area contributed by atoms with Crippen LogP contribution in [0.25, 0.3) is 0 Å². The van der Waals surface area contributed by atoms with Crippen LogP contribution in [0.15, 0.2) is 0 Å². The van der Waals surface area contributed by atoms with E-state index >= 15 is 0 Å². The first kappa shape index (κ1) is 14.0. The van der Waals surface area contributed by atoms with E-state index in [-0.39, 0.29) is 24.4 Å². The summed E-state index contributed by atoms with van der Waals surface area (Å²) in [5, 5.41) is 0. The summed E-state index contributed by atoms with van der Waals surface area (Å²) in [5.41, 5.74) is 0. The van der Waals surface area contributed by atoms with Gasteiger partial charge < -0.3 is 14.7 Å². The molecule has 0 bridgehead atoms. The summed E-state index contributed by atoms with van der Waals surface area (Å²) in [4.78, 5) is 29.1. The third-order valence-corrected chi connectivity index (χ3v) is 3.19. The molecule has 1 aliphatic rings. The molecule has 5 heteroatoms. The zero-order valence-electron chi connectivity index (χ0n) is 11.3. The van der Waals surface area contributed by atoms with Gasteiger partial charge in [-0.2, -0.15) is 0 Å². The highest BCUT2D eigenvalue weighted by molar-refractivity contribution is 5.84. The van der Waals surface area contributed by atoms with E-state index < -0.39 is 0 Å². The minimum absolute atomic E-state index is 0.0394. The average molecular weight is 241 g/mol. The summed E-state index contributed by atoms with van der Waals surface area (Å²) in [6.07, 6.45) is 0. The number of nitrogens with zero attached hydrogens (tertiary/aromatic N) is 3. The highest BCUT2D eigenvalue weighted by Crippen LogP contribution is 2.04. The normalized spacial score (nSPS) is 17.4. The van der Waals surface area contributed by atoms with Gasteiger partial charge in [0.15, 0.2) is 0 Å². The molecule has 17 heavy (non-hydrogen) atoms. The molecule has 0 unspecified atom stereocenters. The lowest BCUT2D eigenvalue weighted by Gasteiger charge is -2.34. The fourth-order valence-corrected chi connectivity index (χ4v) is 1.96. The quantitative estimate of drug-likeness (QED) is 0.699. The van der Waals surface area contributed by atoms with Crippen LogP contribution < -0.4 is 0 Å². The Labute approximate surface area is 103 Å². The largest absolute Gasteiger partial charge is 0.339 e. The van der Waals surface area contributed by atoms with Crippen molar-refractivity contribution in [2.24, 2.45) is 0 Å². The second-order valence-corrected chi connectivity index (χ2v) is 4.92. The van der Waals surface area contributed by atoms with Gasteiger partial charge in [-0.15, -0.1) is 0 Å². The molecule has 0 N–H and O–H groups in total. The van der Waals surface area contributed by atoms with Gasteiger partial charge in [-0.3, -0.25) is 9.59 Å². The monoisotopic (exact) mass is 241 g/mol. The van der Waals surface area contributed by atoms with Crippen molar-refractivity contribution in [3.05, 3.63) is 0 Å². The second-order valence-electron chi connectivity index (χ2n) is 4.92. The molecular formula is C12H23N3O2. The van der Waals surface area contributed by atoms with Crippen molar-refractivity contribution in [1.29, 1.82) is 0 Å². The van der Waals surface area contributed by atoms with Gasteiger partial charge in [0, 0.05) is 39.1 Å². The van der Waals surface area contributed by atoms with Crippen LogP contribution in [0.4, 0.5) is 0 Å². The molecule has 0 aromatic carbocycles. The van der Waals surface area contributed by atoms with Gasteiger partial charge in [-0.05, 0) is 20.9 Å². The van der Waals surface area contributed by atoms with Crippen LogP contribution in [0.1, 0.15) is 20.8 Å². The van der Waals surface area contributed by atoms with Crippen molar-refractivity contribution in [3.8, 4) is 0 Å². The fourth-order valence-electron chi connectivity index (χ4n) is 1.96. The van der Waals surface area contributed by atoms with Crippen LogP contribution in [0, 0.1) is 0 Å². The molecule has 1 aliphatic heterocycles. The zero-order chi connectivity index (χ0) is 13.0. The van der Waals surface area contributed by atoms with E-state index in [1.54, 1.807) is 4.90 Å². The summed E-state index contributed by atoms with van der Waals surface area (Å²) in [6.45, 7) is 8.92. The standard InChI is InChI=1S/C12H23N3O2/c1-10(2)15(11(3)16)9-12(17)14-7-5-13(4)6-8-14/h10H,5-9H2,1-4H3. The molecule has 5 nitrogen and oxygen atoms in total. The third kappa shape index (κ3) is 4.00. The Morgan fingerprint density at radius 1 is 1.18 bits per heavy atom. The van der Waals surface area contributed by atoms with Crippen molar-refractivity contribution in [2.45, 2.75) is 26.8 Å². The van der Waals surface area contributed by atoms with Gasteiger partial charge in [-0.25, -0.2) is 0 Å². The molecule has 1 saturated heterocycles. The highest BCUT2D eigenvalue weighted by atomic mass is 16.2. The Bertz CT molecular complexity index is 283. The molecule has 0 aromatic heterocycles. The van der Waals surface area contributed by atoms with Gasteiger partial charge in [-0.1, -0.05) is 0 Å². The van der Waals surface area contributed by atoms with E-state index in [0.29, 0.717) is 0 Å². The molecule has 0 saturated carbocycles. The van der Waals surface area contributed by atoms with Gasteiger partial charge in [0.05, 0.1) is 6.54 Å². The number of likely N-dealkylation sites (N-methyl/N-ethyl adjacent to an activating group) is 1. The topological polar surface area (TPSA) is 43.9 Å². The second kappa shape index (κ2) is 6.00. The number of hydrogen-bond acceptors (Lipinski definition) is 3. The molecular weight excluding hydrogens is 218 g/mol. The Kier molecular flexibility index (Phi) is 4.93. The minimum atomic E-state index is -0.0394. The summed E-state index contributed by atoms with van der Waals surface area (Å²) in [7, 11) is 2.05. The highest BCUT2D eigenvalue weighted by Gasteiger charge is 2.23. The number of hydrogen-bond donors (Lipinski definition) is 0. The Morgan fingerprint density at radius 3 is 2.12 bits per heavy atom. The first-order valence-corrected chi connectivity index (χ1v) is 6.15. The Morgan fingerprint density at radius 2 is 1.71 bits per heavy atom. The summed E-state index contributed by atoms with van der Waals surface area (Å²) in [5.74, 6) is 0.0180. The molecule has 1 heterocycles. The molecule has 0 aliphatic carbocycles. The number of carbonyl (C=O) groups is 2. The van der Waals surface area contributed by atoms with Gasteiger partial charge >= 0.3 is 0 Å². The van der Waals surface area contributed by atoms with E-state index in [4.69, 9.17) is 0 Å². The van der Waals surface area contributed by atoms with Crippen molar-refractivity contribution in [1.82, 2.24) is 14.7 Å². The molecule has 0 radical (unpaired) electrons. The Hall–Kier alpha value is -1.10. The van der Waals surface area contributed by atoms with Crippen LogP contribution in [0.5, 0.6) is 0 Å². The van der Waals surface area contributed by atoms with Crippen LogP contribution in [-0.4, -0.2) is 72.3 Å². The smallest absolute Gasteiger partial charge is 0.242 e. The maximum absolute atomic E-state index is 12.0. The fraction of sp³-hybridized carbons (Fsp3) is 0.833. The lowest BCUT2D eigenvalue weighted by molar-refractivity contribution is -0.141. The number of rotatable bonds is 3. The minimum Gasteiger partial charge on any atom is -0.339 e. The van der Waals surface area contributed by atoms with E-state index in [1.807, 2.05) is 18.7 Å². The zero-order valence-corrected chi connectivity index (χ0v) is 11.3. The molecule has 98 valence electrons. The van der Waals surface area contributed by atoms with Crippen molar-refractivity contribution in [3.63, 3.8) is 0 Å². The van der Waals surface area contributed by atoms with Gasteiger partial charge in [0.25, 0.3) is 0 Å². The van der Waals surface area contributed by atoms with Crippen LogP contribution in [0.2, 0.25) is 0 Å². The molecule has 0 atom stereocenters. The lowest BCUT2D eigenvalue weighted by Crippen LogP contribution is -2.51. The van der Waals surface area contributed by atoms with Gasteiger partial charge in [0.1, 0.15) is 0 Å². The predicted molar refractivity (Wildman–Crippen MR) is 66.6 cm³/mol. The summed E-state index contributed by atoms with van der Waals surface area (Å²) >= 11 is 0. The molecule has 1 rings (SSSR count). The van der Waals surface area contributed by atoms with Crippen molar-refractivity contribution in [2.75, 3.05) is 39.8 Å². The number of amides is 2. The first-order valence-electron chi connectivity index (χ1n) is 6.15. The molecule has 2 amide bonds. The summed E-state index contributed by atoms with van der Waals surface area (Å²) < 4.78 is 0. The first-order chi connectivity index (χ1) is 7.91. The van der Waals surface area contributed by atoms with Crippen molar-refractivity contribution >= 4 is 11.8 Å². The third-order valence-electron chi connectivity index (χ3n) is 3.19. The molecule has 1 fully saturated rings. The number of piperazine rings is 1. The van der Waals surface area contributed by atoms with E-state index in [9.17, 15) is 9.59 Å². The van der Waals surface area contributed by atoms with Crippen molar-refractivity contribution < 1.29 is 9.59 Å². The SMILES string of the molecule is CC(=O)N(CC(=O)N1CCN(C)CC1)C(C)C. The van der Waals surface area contributed by atoms with Crippen LogP contribution in [0.3, 0.4) is 0 Å². The van der Waals surface area contributed by atoms with Crippen LogP contribution >= 0.6 is 0 Å². The van der Waals surface area contributed by atoms with E-state index in [0.717, 1.165) is 26.2 Å². The molecule has 0 aromatic rings. The van der Waals surface area contributed by atoms with Crippen LogP contribution in [-0.2, 0) is 9.59 Å². The summed E-state index contributed by atoms with van der Waals surface area (Å²) in [6, 6.07) is 0.0731. The van der Waals surface area contributed by atoms with Gasteiger partial charge in [0.2, 0.25) is 11.8 Å². The predicted octanol–water partition coefficient (Wildman–Crippen LogP) is 0.0173.